The van der Waals surface area contributed by atoms with Gasteiger partial charge in [0.05, 0.1) is 0 Å². The largest absolute Gasteiger partial charge is 0.311 e. The van der Waals surface area contributed by atoms with Gasteiger partial charge in [-0.1, -0.05) is 47.5 Å². The number of rotatable bonds is 8. The van der Waals surface area contributed by atoms with Gasteiger partial charge in [-0.25, -0.2) is 0 Å². The fourth-order valence-corrected chi connectivity index (χ4v) is 3.73. The fourth-order valence-electron chi connectivity index (χ4n) is 3.24. The highest BCUT2D eigenvalue weighted by Gasteiger charge is 2.34. The van der Waals surface area contributed by atoms with Crippen LogP contribution in [0.5, 0.6) is 0 Å². The number of hydrogen-bond donors (Lipinski definition) is 1. The van der Waals surface area contributed by atoms with Gasteiger partial charge in [-0.15, -0.1) is 0 Å². The predicted molar refractivity (Wildman–Crippen MR) is 98.3 cm³/mol. The lowest BCUT2D eigenvalue weighted by molar-refractivity contribution is 0.0619. The third-order valence-electron chi connectivity index (χ3n) is 4.82. The Kier molecular flexibility index (Phi) is 8.66. The Morgan fingerprint density at radius 2 is 1.81 bits per heavy atom. The van der Waals surface area contributed by atoms with Gasteiger partial charge in [0.25, 0.3) is 0 Å². The van der Waals surface area contributed by atoms with Crippen molar-refractivity contribution in [2.75, 3.05) is 31.6 Å². The molecular formula is C18H38N2S. The lowest BCUT2D eigenvalue weighted by Gasteiger charge is -2.46. The molecule has 3 heteroatoms. The Morgan fingerprint density at radius 1 is 1.14 bits per heavy atom. The molecule has 1 saturated heterocycles. The summed E-state index contributed by atoms with van der Waals surface area (Å²) in [6.45, 7) is 15.5. The van der Waals surface area contributed by atoms with Crippen molar-refractivity contribution in [2.24, 2.45) is 11.3 Å². The van der Waals surface area contributed by atoms with E-state index in [1.165, 1.54) is 44.5 Å². The van der Waals surface area contributed by atoms with Crippen LogP contribution in [-0.4, -0.2) is 48.6 Å². The van der Waals surface area contributed by atoms with Crippen LogP contribution in [0.1, 0.15) is 60.3 Å². The van der Waals surface area contributed by atoms with E-state index in [0.29, 0.717) is 11.5 Å². The molecule has 126 valence electrons. The summed E-state index contributed by atoms with van der Waals surface area (Å²) in [6, 6.07) is 1.35. The molecule has 0 aromatic heterocycles. The first-order valence-corrected chi connectivity index (χ1v) is 10.2. The highest BCUT2D eigenvalue weighted by atomic mass is 32.2. The average molecular weight is 315 g/mol. The van der Waals surface area contributed by atoms with Crippen LogP contribution in [0.15, 0.2) is 0 Å². The molecule has 0 bridgehead atoms. The van der Waals surface area contributed by atoms with Crippen molar-refractivity contribution in [2.45, 2.75) is 72.4 Å². The molecule has 1 N–H and O–H groups in total. The Hall–Kier alpha value is 0.270. The summed E-state index contributed by atoms with van der Waals surface area (Å²) in [5, 5.41) is 3.79. The third kappa shape index (κ3) is 6.92. The van der Waals surface area contributed by atoms with Gasteiger partial charge in [0.2, 0.25) is 0 Å². The van der Waals surface area contributed by atoms with Crippen LogP contribution in [0.25, 0.3) is 0 Å². The van der Waals surface area contributed by atoms with Crippen LogP contribution < -0.4 is 5.32 Å². The maximum Gasteiger partial charge on any atom is 0.0244 e. The van der Waals surface area contributed by atoms with Crippen LogP contribution >= 0.6 is 11.8 Å². The van der Waals surface area contributed by atoms with Crippen molar-refractivity contribution in [3.8, 4) is 0 Å². The number of hydrogen-bond acceptors (Lipinski definition) is 3. The van der Waals surface area contributed by atoms with E-state index in [4.69, 9.17) is 0 Å². The summed E-state index contributed by atoms with van der Waals surface area (Å²) in [5.41, 5.74) is 0.360. The number of thioether (sulfide) groups is 1. The molecule has 1 rings (SSSR count). The summed E-state index contributed by atoms with van der Waals surface area (Å²) >= 11 is 1.98. The molecule has 1 aliphatic heterocycles. The first kappa shape index (κ1) is 19.3. The molecule has 0 aromatic carbocycles. The maximum atomic E-state index is 3.79. The first-order chi connectivity index (χ1) is 9.86. The normalized spacial score (nSPS) is 24.7. The van der Waals surface area contributed by atoms with Crippen molar-refractivity contribution in [1.82, 2.24) is 10.2 Å². The molecule has 0 saturated carbocycles. The van der Waals surface area contributed by atoms with Crippen LogP contribution in [0, 0.1) is 11.3 Å². The van der Waals surface area contributed by atoms with E-state index in [1.807, 2.05) is 11.8 Å². The zero-order valence-electron chi connectivity index (χ0n) is 15.2. The minimum absolute atomic E-state index is 0.360. The molecule has 1 heterocycles. The summed E-state index contributed by atoms with van der Waals surface area (Å²) < 4.78 is 0. The average Bonchev–Trinajstić information content (AvgIpc) is 2.41. The van der Waals surface area contributed by atoms with Gasteiger partial charge in [-0.3, -0.25) is 4.90 Å². The molecule has 2 nitrogen and oxygen atoms in total. The number of nitrogens with zero attached hydrogens (tertiary/aromatic N) is 1. The SMILES string of the molecule is CSCCCCCCN1CC(C(C)(C)C)NCC1C(C)C. The van der Waals surface area contributed by atoms with E-state index < -0.39 is 0 Å². The zero-order valence-corrected chi connectivity index (χ0v) is 16.1. The summed E-state index contributed by atoms with van der Waals surface area (Å²) in [6.07, 6.45) is 7.77. The molecule has 0 spiro atoms. The lowest BCUT2D eigenvalue weighted by atomic mass is 9.83. The van der Waals surface area contributed by atoms with E-state index >= 15 is 0 Å². The molecule has 0 radical (unpaired) electrons. The number of unbranched alkanes of at least 4 members (excludes halogenated alkanes) is 3. The zero-order chi connectivity index (χ0) is 15.9. The smallest absolute Gasteiger partial charge is 0.0244 e. The monoisotopic (exact) mass is 314 g/mol. The molecule has 1 aliphatic rings. The summed E-state index contributed by atoms with van der Waals surface area (Å²) in [5.74, 6) is 2.07. The van der Waals surface area contributed by atoms with Crippen LogP contribution in [0.2, 0.25) is 0 Å². The Bertz CT molecular complexity index is 273. The van der Waals surface area contributed by atoms with Crippen molar-refractivity contribution in [1.29, 1.82) is 0 Å². The van der Waals surface area contributed by atoms with Gasteiger partial charge >= 0.3 is 0 Å². The van der Waals surface area contributed by atoms with Gasteiger partial charge in [0, 0.05) is 25.2 Å². The molecule has 0 aromatic rings. The second-order valence-electron chi connectivity index (χ2n) is 8.04. The van der Waals surface area contributed by atoms with Crippen molar-refractivity contribution < 1.29 is 0 Å². The summed E-state index contributed by atoms with van der Waals surface area (Å²) in [7, 11) is 0. The highest BCUT2D eigenvalue weighted by molar-refractivity contribution is 7.98. The molecule has 0 aliphatic carbocycles. The van der Waals surface area contributed by atoms with Gasteiger partial charge in [-0.05, 0) is 42.7 Å². The minimum Gasteiger partial charge on any atom is -0.311 e. The van der Waals surface area contributed by atoms with E-state index in [-0.39, 0.29) is 0 Å². The van der Waals surface area contributed by atoms with Crippen LogP contribution in [0.3, 0.4) is 0 Å². The number of piperazine rings is 1. The molecule has 2 atom stereocenters. The molecular weight excluding hydrogens is 276 g/mol. The van der Waals surface area contributed by atoms with Gasteiger partial charge in [-0.2, -0.15) is 11.8 Å². The Balaban J connectivity index is 2.41. The summed E-state index contributed by atoms with van der Waals surface area (Å²) in [4.78, 5) is 2.77. The van der Waals surface area contributed by atoms with Crippen LogP contribution in [-0.2, 0) is 0 Å². The van der Waals surface area contributed by atoms with Crippen molar-refractivity contribution in [3.05, 3.63) is 0 Å². The van der Waals surface area contributed by atoms with Crippen LogP contribution in [0.4, 0.5) is 0 Å². The van der Waals surface area contributed by atoms with Gasteiger partial charge in [0.1, 0.15) is 0 Å². The standard InChI is InChI=1S/C18H38N2S/c1-15(2)16-13-19-17(18(3,4)5)14-20(16)11-9-7-8-10-12-21-6/h15-17,19H,7-14H2,1-6H3. The molecule has 1 fully saturated rings. The predicted octanol–water partition coefficient (Wildman–Crippen LogP) is 4.25. The van der Waals surface area contributed by atoms with E-state index in [1.54, 1.807) is 0 Å². The van der Waals surface area contributed by atoms with Crippen molar-refractivity contribution in [3.63, 3.8) is 0 Å². The van der Waals surface area contributed by atoms with E-state index in [9.17, 15) is 0 Å². The second-order valence-corrected chi connectivity index (χ2v) is 9.03. The second kappa shape index (κ2) is 9.42. The highest BCUT2D eigenvalue weighted by Crippen LogP contribution is 2.25. The minimum atomic E-state index is 0.360. The Labute approximate surface area is 137 Å². The van der Waals surface area contributed by atoms with Crippen molar-refractivity contribution >= 4 is 11.8 Å². The third-order valence-corrected chi connectivity index (χ3v) is 5.52. The lowest BCUT2D eigenvalue weighted by Crippen LogP contribution is -2.61. The number of nitrogens with one attached hydrogen (secondary N) is 1. The molecule has 0 amide bonds. The van der Waals surface area contributed by atoms with Gasteiger partial charge in [0.15, 0.2) is 0 Å². The Morgan fingerprint density at radius 3 is 2.38 bits per heavy atom. The topological polar surface area (TPSA) is 15.3 Å². The maximum absolute atomic E-state index is 3.79. The fraction of sp³-hybridized carbons (Fsp3) is 1.00. The van der Waals surface area contributed by atoms with Gasteiger partial charge < -0.3 is 5.32 Å². The van der Waals surface area contributed by atoms with E-state index in [2.05, 4.69) is 51.1 Å². The quantitative estimate of drug-likeness (QED) is 0.674. The molecule has 21 heavy (non-hydrogen) atoms. The van der Waals surface area contributed by atoms with E-state index in [0.717, 1.165) is 18.5 Å². The first-order valence-electron chi connectivity index (χ1n) is 8.82. The molecule has 2 unspecified atom stereocenters.